The number of hydrogen-bond acceptors (Lipinski definition) is 11. The Kier molecular flexibility index (Phi) is 42.0. The normalized spacial score (nSPS) is 18.7. The Morgan fingerprint density at radius 2 is 0.761 bits per heavy atom. The maximum atomic E-state index is 13.1. The molecule has 6 atom stereocenters. The van der Waals surface area contributed by atoms with Gasteiger partial charge in [0, 0.05) is 19.3 Å². The third-order valence-corrected chi connectivity index (χ3v) is 13.2. The number of carboxylic acid groups (broad SMARTS) is 1. The second-order valence-electron chi connectivity index (χ2n) is 19.6. The number of rotatable bonds is 48. The van der Waals surface area contributed by atoms with Gasteiger partial charge in [0.2, 0.25) is 0 Å². The van der Waals surface area contributed by atoms with Crippen LogP contribution in [0.5, 0.6) is 0 Å². The summed E-state index contributed by atoms with van der Waals surface area (Å²) in [4.78, 5) is 50.8. The van der Waals surface area contributed by atoms with Crippen LogP contribution in [0.4, 0.5) is 0 Å². The predicted octanol–water partition coefficient (Wildman–Crippen LogP) is 13.6. The molecule has 1 heterocycles. The van der Waals surface area contributed by atoms with Gasteiger partial charge in [0.05, 0.1) is 6.61 Å². The Hall–Kier alpha value is -2.28. The molecule has 67 heavy (non-hydrogen) atoms. The molecule has 12 nitrogen and oxygen atoms in total. The summed E-state index contributed by atoms with van der Waals surface area (Å²) in [6.07, 6.45) is 33.8. The lowest BCUT2D eigenvalue weighted by molar-refractivity contribution is -0.301. The van der Waals surface area contributed by atoms with E-state index in [1.807, 2.05) is 0 Å². The lowest BCUT2D eigenvalue weighted by atomic mass is 9.98. The van der Waals surface area contributed by atoms with E-state index in [0.717, 1.165) is 64.2 Å². The first-order chi connectivity index (χ1) is 32.6. The summed E-state index contributed by atoms with van der Waals surface area (Å²) < 4.78 is 28.3. The number of aliphatic hydroxyl groups excluding tert-OH is 2. The monoisotopic (exact) mass is 955 g/mol. The van der Waals surface area contributed by atoms with Crippen LogP contribution < -0.4 is 0 Å². The fourth-order valence-corrected chi connectivity index (χ4v) is 8.84. The fraction of sp³-hybridized carbons (Fsp3) is 0.927. The lowest BCUT2D eigenvalue weighted by Gasteiger charge is -2.40. The Morgan fingerprint density at radius 3 is 1.12 bits per heavy atom. The highest BCUT2D eigenvalue weighted by Gasteiger charge is 2.50. The minimum atomic E-state index is -1.89. The molecule has 0 amide bonds. The van der Waals surface area contributed by atoms with Crippen molar-refractivity contribution in [3.63, 3.8) is 0 Å². The van der Waals surface area contributed by atoms with Gasteiger partial charge in [-0.3, -0.25) is 14.4 Å². The second-order valence-corrected chi connectivity index (χ2v) is 19.6. The van der Waals surface area contributed by atoms with Crippen molar-refractivity contribution in [2.24, 2.45) is 0 Å². The van der Waals surface area contributed by atoms with E-state index in [9.17, 15) is 34.5 Å². The summed E-state index contributed by atoms with van der Waals surface area (Å²) in [5.41, 5.74) is 0. The molecular formula is C55H102O12. The zero-order valence-electron chi connectivity index (χ0n) is 43.2. The third-order valence-electron chi connectivity index (χ3n) is 13.2. The lowest BCUT2D eigenvalue weighted by Crippen LogP contribution is -2.61. The van der Waals surface area contributed by atoms with Crippen LogP contribution in [0, 0.1) is 0 Å². The number of hydrogen-bond donors (Lipinski definition) is 3. The smallest absolute Gasteiger partial charge is 0.335 e. The number of aliphatic hydroxyl groups is 2. The minimum absolute atomic E-state index is 0.0684. The van der Waals surface area contributed by atoms with Gasteiger partial charge in [0.15, 0.2) is 24.6 Å². The Labute approximate surface area is 408 Å². The molecule has 6 unspecified atom stereocenters. The Balaban J connectivity index is 2.68. The predicted molar refractivity (Wildman–Crippen MR) is 267 cm³/mol. The first kappa shape index (κ1) is 62.7. The summed E-state index contributed by atoms with van der Waals surface area (Å²) in [7, 11) is 0. The molecule has 3 N–H and O–H groups in total. The van der Waals surface area contributed by atoms with E-state index in [4.69, 9.17) is 23.7 Å². The molecular weight excluding hydrogens is 853 g/mol. The quantitative estimate of drug-likeness (QED) is 0.0299. The molecule has 1 rings (SSSR count). The average molecular weight is 955 g/mol. The Bertz CT molecular complexity index is 1180. The average Bonchev–Trinajstić information content (AvgIpc) is 3.31. The molecule has 12 heteroatoms. The highest BCUT2D eigenvalue weighted by Crippen LogP contribution is 2.26. The van der Waals surface area contributed by atoms with Crippen LogP contribution in [0.25, 0.3) is 0 Å². The number of carbonyl (C=O) groups is 4. The molecule has 1 fully saturated rings. The first-order valence-electron chi connectivity index (χ1n) is 28.0. The van der Waals surface area contributed by atoms with Gasteiger partial charge in [0.25, 0.3) is 0 Å². The van der Waals surface area contributed by atoms with Gasteiger partial charge in [-0.05, 0) is 19.3 Å². The van der Waals surface area contributed by atoms with E-state index in [1.165, 1.54) is 154 Å². The van der Waals surface area contributed by atoms with Crippen LogP contribution >= 0.6 is 0 Å². The SMILES string of the molecule is CCCCCCCCCCCCCCCCCC(=O)OCC(COC1OC(C(=O)O)C(O)C(O)C1OC(=O)CCCCCCCCCCC)OC(=O)CCCCCCCCCCCCCCC. The van der Waals surface area contributed by atoms with E-state index in [2.05, 4.69) is 20.8 Å². The summed E-state index contributed by atoms with van der Waals surface area (Å²) in [5, 5.41) is 31.3. The largest absolute Gasteiger partial charge is 0.479 e. The van der Waals surface area contributed by atoms with Crippen molar-refractivity contribution in [3.8, 4) is 0 Å². The number of ether oxygens (including phenoxy) is 5. The van der Waals surface area contributed by atoms with Gasteiger partial charge in [-0.2, -0.15) is 0 Å². The number of carboxylic acids is 1. The van der Waals surface area contributed by atoms with E-state index >= 15 is 0 Å². The van der Waals surface area contributed by atoms with Crippen molar-refractivity contribution in [2.45, 2.75) is 314 Å². The molecule has 0 aromatic heterocycles. The number of unbranched alkanes of at least 4 members (excludes halogenated alkanes) is 34. The summed E-state index contributed by atoms with van der Waals surface area (Å²) >= 11 is 0. The summed E-state index contributed by atoms with van der Waals surface area (Å²) in [6.45, 7) is 5.98. The van der Waals surface area contributed by atoms with Crippen LogP contribution in [0.15, 0.2) is 0 Å². The van der Waals surface area contributed by atoms with Crippen LogP contribution in [0.1, 0.15) is 278 Å². The number of carbonyl (C=O) groups excluding carboxylic acids is 3. The van der Waals surface area contributed by atoms with Crippen molar-refractivity contribution in [1.82, 2.24) is 0 Å². The number of esters is 3. The van der Waals surface area contributed by atoms with Gasteiger partial charge in [0.1, 0.15) is 18.8 Å². The standard InChI is InChI=1S/C55H102O12/c1-4-7-10-13-16-19-21-23-24-26-27-30-32-35-38-41-47(56)63-44-46(65-48(57)42-39-36-34-31-28-25-22-20-17-14-11-8-5-2)45-64-55-53(51(60)50(59)52(67-55)54(61)62)66-49(58)43-40-37-33-29-18-15-12-9-6-3/h46,50-53,55,59-60H,4-45H2,1-3H3,(H,61,62). The molecule has 394 valence electrons. The van der Waals surface area contributed by atoms with Crippen LogP contribution in [0.2, 0.25) is 0 Å². The molecule has 0 bridgehead atoms. The maximum Gasteiger partial charge on any atom is 0.335 e. The highest BCUT2D eigenvalue weighted by atomic mass is 16.7. The molecule has 0 spiro atoms. The van der Waals surface area contributed by atoms with Crippen molar-refractivity contribution in [3.05, 3.63) is 0 Å². The molecule has 1 aliphatic heterocycles. The molecule has 0 radical (unpaired) electrons. The summed E-state index contributed by atoms with van der Waals surface area (Å²) in [5.74, 6) is -3.08. The highest BCUT2D eigenvalue weighted by molar-refractivity contribution is 5.74. The van der Waals surface area contributed by atoms with Crippen LogP contribution in [-0.4, -0.2) is 89.2 Å². The first-order valence-corrected chi connectivity index (χ1v) is 28.0. The van der Waals surface area contributed by atoms with E-state index in [1.54, 1.807) is 0 Å². The molecule has 1 saturated heterocycles. The molecule has 0 saturated carbocycles. The molecule has 0 aromatic rings. The molecule has 0 aromatic carbocycles. The van der Waals surface area contributed by atoms with E-state index < -0.39 is 67.3 Å². The van der Waals surface area contributed by atoms with Crippen molar-refractivity contribution in [1.29, 1.82) is 0 Å². The molecule has 1 aliphatic rings. The zero-order chi connectivity index (χ0) is 49.0. The van der Waals surface area contributed by atoms with E-state index in [-0.39, 0.29) is 25.9 Å². The van der Waals surface area contributed by atoms with Gasteiger partial charge >= 0.3 is 23.9 Å². The minimum Gasteiger partial charge on any atom is -0.479 e. The van der Waals surface area contributed by atoms with Gasteiger partial charge < -0.3 is 39.0 Å². The van der Waals surface area contributed by atoms with E-state index in [0.29, 0.717) is 19.3 Å². The Morgan fingerprint density at radius 1 is 0.433 bits per heavy atom. The van der Waals surface area contributed by atoms with Gasteiger partial charge in [-0.1, -0.05) is 239 Å². The summed E-state index contributed by atoms with van der Waals surface area (Å²) in [6, 6.07) is 0. The topological polar surface area (TPSA) is 175 Å². The fourth-order valence-electron chi connectivity index (χ4n) is 8.84. The third kappa shape index (κ3) is 35.5. The number of aliphatic carboxylic acids is 1. The molecule has 0 aliphatic carbocycles. The van der Waals surface area contributed by atoms with Crippen molar-refractivity contribution >= 4 is 23.9 Å². The maximum absolute atomic E-state index is 13.1. The van der Waals surface area contributed by atoms with Crippen LogP contribution in [-0.2, 0) is 42.9 Å². The van der Waals surface area contributed by atoms with Crippen molar-refractivity contribution < 1.29 is 58.2 Å². The second kappa shape index (κ2) is 44.9. The van der Waals surface area contributed by atoms with Crippen molar-refractivity contribution in [2.75, 3.05) is 13.2 Å². The van der Waals surface area contributed by atoms with Gasteiger partial charge in [-0.15, -0.1) is 0 Å². The zero-order valence-corrected chi connectivity index (χ0v) is 43.2. The van der Waals surface area contributed by atoms with Gasteiger partial charge in [-0.25, -0.2) is 4.79 Å². The van der Waals surface area contributed by atoms with Crippen LogP contribution in [0.3, 0.4) is 0 Å².